The topological polar surface area (TPSA) is 52.6 Å². The Morgan fingerprint density at radius 3 is 2.75 bits per heavy atom. The lowest BCUT2D eigenvalue weighted by atomic mass is 9.72. The van der Waals surface area contributed by atoms with E-state index in [4.69, 9.17) is 11.6 Å². The molecule has 36 heavy (non-hydrogen) atoms. The Bertz CT molecular complexity index is 1190. The number of aliphatic hydroxyl groups is 1. The van der Waals surface area contributed by atoms with Crippen LogP contribution in [0.5, 0.6) is 0 Å². The van der Waals surface area contributed by atoms with Crippen LogP contribution in [0.15, 0.2) is 54.6 Å². The van der Waals surface area contributed by atoms with E-state index >= 15 is 0 Å². The van der Waals surface area contributed by atoms with Crippen LogP contribution in [0, 0.1) is 5.92 Å². The maximum Gasteiger partial charge on any atom is 0.263 e. The van der Waals surface area contributed by atoms with Crippen molar-refractivity contribution in [3.05, 3.63) is 80.5 Å². The van der Waals surface area contributed by atoms with Crippen molar-refractivity contribution in [2.45, 2.75) is 58.1 Å². The molecule has 192 valence electrons. The lowest BCUT2D eigenvalue weighted by Gasteiger charge is -2.43. The van der Waals surface area contributed by atoms with E-state index in [1.165, 1.54) is 5.56 Å². The molecule has 1 aliphatic rings. The van der Waals surface area contributed by atoms with Crippen molar-refractivity contribution in [3.8, 4) is 11.1 Å². The fourth-order valence-corrected chi connectivity index (χ4v) is 6.81. The first-order chi connectivity index (χ1) is 17.4. The molecule has 3 aromatic rings. The first-order valence-electron chi connectivity index (χ1n) is 13.0. The van der Waals surface area contributed by atoms with Gasteiger partial charge in [0.05, 0.1) is 10.5 Å². The highest BCUT2D eigenvalue weighted by atomic mass is 35.5. The fraction of sp³-hybridized carbons (Fsp3) is 0.433. The molecule has 4 nitrogen and oxygen atoms in total. The van der Waals surface area contributed by atoms with Gasteiger partial charge in [-0.3, -0.25) is 4.79 Å². The standard InChI is InChI=1S/C30H37ClN2O2S/c1-4-16-30(35,25-12-7-13-26(31)28(25)22-10-6-9-21(5-2)18-22)23-11-8-17-33(20-23)29(34)27-15-14-24(36-27)19-32-3/h6-7,9-10,12-15,18,23,32,35H,4-5,8,11,16-17,19-20H2,1-3H3. The van der Waals surface area contributed by atoms with Crippen LogP contribution < -0.4 is 5.32 Å². The van der Waals surface area contributed by atoms with Gasteiger partial charge < -0.3 is 15.3 Å². The summed E-state index contributed by atoms with van der Waals surface area (Å²) in [5.74, 6) is -0.00803. The highest BCUT2D eigenvalue weighted by molar-refractivity contribution is 7.14. The van der Waals surface area contributed by atoms with E-state index in [1.807, 2.05) is 42.3 Å². The van der Waals surface area contributed by atoms with E-state index in [-0.39, 0.29) is 11.8 Å². The highest BCUT2D eigenvalue weighted by Crippen LogP contribution is 2.45. The Hall–Kier alpha value is -2.18. The van der Waals surface area contributed by atoms with Crippen LogP contribution in [0.1, 0.15) is 65.2 Å². The summed E-state index contributed by atoms with van der Waals surface area (Å²) in [5, 5.41) is 16.2. The van der Waals surface area contributed by atoms with Gasteiger partial charge in [0, 0.05) is 41.0 Å². The molecule has 2 aromatic carbocycles. The number of hydrogen-bond donors (Lipinski definition) is 2. The molecule has 4 rings (SSSR count). The number of amides is 1. The van der Waals surface area contributed by atoms with E-state index in [0.717, 1.165) is 65.2 Å². The first-order valence-corrected chi connectivity index (χ1v) is 14.2. The minimum atomic E-state index is -1.08. The summed E-state index contributed by atoms with van der Waals surface area (Å²) in [6.07, 6.45) is 4.13. The number of carbonyl (C=O) groups is 1. The molecule has 2 N–H and O–H groups in total. The number of piperidine rings is 1. The maximum atomic E-state index is 13.4. The monoisotopic (exact) mass is 524 g/mol. The summed E-state index contributed by atoms with van der Waals surface area (Å²) in [6.45, 7) is 6.26. The van der Waals surface area contributed by atoms with Gasteiger partial charge in [0.15, 0.2) is 0 Å². The Kier molecular flexibility index (Phi) is 8.89. The number of rotatable bonds is 9. The Morgan fingerprint density at radius 1 is 1.19 bits per heavy atom. The van der Waals surface area contributed by atoms with Crippen molar-refractivity contribution < 1.29 is 9.90 Å². The summed E-state index contributed by atoms with van der Waals surface area (Å²) < 4.78 is 0. The van der Waals surface area contributed by atoms with E-state index in [9.17, 15) is 9.90 Å². The highest BCUT2D eigenvalue weighted by Gasteiger charge is 2.42. The zero-order valence-electron chi connectivity index (χ0n) is 21.5. The van der Waals surface area contributed by atoms with Crippen molar-refractivity contribution in [3.63, 3.8) is 0 Å². The number of hydrogen-bond acceptors (Lipinski definition) is 4. The van der Waals surface area contributed by atoms with Crippen LogP contribution in [0.2, 0.25) is 5.02 Å². The zero-order chi connectivity index (χ0) is 25.7. The van der Waals surface area contributed by atoms with E-state index < -0.39 is 5.60 Å². The number of nitrogens with one attached hydrogen (secondary N) is 1. The molecule has 1 saturated heterocycles. The number of nitrogens with zero attached hydrogens (tertiary/aromatic N) is 1. The van der Waals surface area contributed by atoms with Gasteiger partial charge in [0.25, 0.3) is 5.91 Å². The molecule has 0 bridgehead atoms. The van der Waals surface area contributed by atoms with Crippen LogP contribution in [0.25, 0.3) is 11.1 Å². The third-order valence-electron chi connectivity index (χ3n) is 7.34. The van der Waals surface area contributed by atoms with Gasteiger partial charge in [0.2, 0.25) is 0 Å². The molecule has 1 aromatic heterocycles. The fourth-order valence-electron chi connectivity index (χ4n) is 5.53. The summed E-state index contributed by atoms with van der Waals surface area (Å²) in [6, 6.07) is 18.2. The SMILES string of the molecule is CCCC(O)(c1cccc(Cl)c1-c1cccc(CC)c1)C1CCCN(C(=O)c2ccc(CNC)s2)C1. The van der Waals surface area contributed by atoms with Gasteiger partial charge >= 0.3 is 0 Å². The van der Waals surface area contributed by atoms with Gasteiger partial charge in [-0.05, 0) is 67.6 Å². The smallest absolute Gasteiger partial charge is 0.263 e. The van der Waals surface area contributed by atoms with Gasteiger partial charge in [0.1, 0.15) is 0 Å². The second-order valence-electron chi connectivity index (χ2n) is 9.78. The Labute approximate surface area is 224 Å². The molecule has 2 heterocycles. The number of carbonyl (C=O) groups excluding carboxylic acids is 1. The van der Waals surface area contributed by atoms with E-state index in [2.05, 4.69) is 43.4 Å². The minimum Gasteiger partial charge on any atom is -0.385 e. The third kappa shape index (κ3) is 5.55. The predicted octanol–water partition coefficient (Wildman–Crippen LogP) is 6.89. The van der Waals surface area contributed by atoms with Gasteiger partial charge in [-0.15, -0.1) is 11.3 Å². The largest absolute Gasteiger partial charge is 0.385 e. The molecule has 0 radical (unpaired) electrons. The van der Waals surface area contributed by atoms with E-state index in [1.54, 1.807) is 11.3 Å². The third-order valence-corrected chi connectivity index (χ3v) is 8.73. The number of thiophene rings is 1. The van der Waals surface area contributed by atoms with E-state index in [0.29, 0.717) is 18.0 Å². The van der Waals surface area contributed by atoms with Crippen molar-refractivity contribution in [2.75, 3.05) is 20.1 Å². The lowest BCUT2D eigenvalue weighted by Crippen LogP contribution is -2.48. The number of halogens is 1. The average Bonchev–Trinajstić information content (AvgIpc) is 3.37. The quantitative estimate of drug-likeness (QED) is 0.320. The van der Waals surface area contributed by atoms with Crippen molar-refractivity contribution >= 4 is 28.8 Å². The summed E-state index contributed by atoms with van der Waals surface area (Å²) >= 11 is 8.36. The molecule has 0 saturated carbocycles. The van der Waals surface area contributed by atoms with Crippen LogP contribution >= 0.6 is 22.9 Å². The minimum absolute atomic E-state index is 0.0628. The van der Waals surface area contributed by atoms with Crippen molar-refractivity contribution in [1.29, 1.82) is 0 Å². The Morgan fingerprint density at radius 2 is 2.00 bits per heavy atom. The number of aryl methyl sites for hydroxylation is 1. The molecule has 1 fully saturated rings. The van der Waals surface area contributed by atoms with Crippen LogP contribution in [-0.2, 0) is 18.6 Å². The zero-order valence-corrected chi connectivity index (χ0v) is 23.1. The van der Waals surface area contributed by atoms with Crippen LogP contribution in [-0.4, -0.2) is 36.1 Å². The van der Waals surface area contributed by atoms with Crippen LogP contribution in [0.4, 0.5) is 0 Å². The number of likely N-dealkylation sites (tertiary alicyclic amines) is 1. The molecule has 2 unspecified atom stereocenters. The van der Waals surface area contributed by atoms with Gasteiger partial charge in [-0.2, -0.15) is 0 Å². The molecule has 1 amide bonds. The molecule has 1 aliphatic heterocycles. The van der Waals surface area contributed by atoms with Crippen molar-refractivity contribution in [2.24, 2.45) is 5.92 Å². The molecule has 6 heteroatoms. The lowest BCUT2D eigenvalue weighted by molar-refractivity contribution is -0.0555. The predicted molar refractivity (Wildman–Crippen MR) is 151 cm³/mol. The summed E-state index contributed by atoms with van der Waals surface area (Å²) in [7, 11) is 1.91. The maximum absolute atomic E-state index is 13.4. The van der Waals surface area contributed by atoms with Gasteiger partial charge in [-0.1, -0.05) is 68.3 Å². The average molecular weight is 525 g/mol. The summed E-state index contributed by atoms with van der Waals surface area (Å²) in [5.41, 5.74) is 2.97. The first kappa shape index (κ1) is 26.9. The second kappa shape index (κ2) is 11.9. The molecular formula is C30H37ClN2O2S. The summed E-state index contributed by atoms with van der Waals surface area (Å²) in [4.78, 5) is 17.3. The van der Waals surface area contributed by atoms with Crippen molar-refractivity contribution in [1.82, 2.24) is 10.2 Å². The number of benzene rings is 2. The molecule has 0 spiro atoms. The molecular weight excluding hydrogens is 488 g/mol. The Balaban J connectivity index is 1.69. The molecule has 0 aliphatic carbocycles. The van der Waals surface area contributed by atoms with Gasteiger partial charge in [-0.25, -0.2) is 0 Å². The second-order valence-corrected chi connectivity index (χ2v) is 11.4. The normalized spacial score (nSPS) is 17.7. The molecule has 2 atom stereocenters. The van der Waals surface area contributed by atoms with Crippen LogP contribution in [0.3, 0.4) is 0 Å².